The van der Waals surface area contributed by atoms with Gasteiger partial charge in [0.2, 0.25) is 5.91 Å². The summed E-state index contributed by atoms with van der Waals surface area (Å²) in [6.07, 6.45) is 3.74. The largest absolute Gasteiger partial charge is 0.355 e. The van der Waals surface area contributed by atoms with Gasteiger partial charge in [-0.15, -0.1) is 24.8 Å². The Bertz CT molecular complexity index is 790. The van der Waals surface area contributed by atoms with Gasteiger partial charge in [0, 0.05) is 70.4 Å². The molecule has 1 amide bonds. The number of hydrogen-bond donors (Lipinski definition) is 2. The zero-order valence-electron chi connectivity index (χ0n) is 16.5. The zero-order valence-corrected chi connectivity index (χ0v) is 19.0. The van der Waals surface area contributed by atoms with E-state index in [1.165, 1.54) is 5.56 Å². The Balaban J connectivity index is 0.00000150. The van der Waals surface area contributed by atoms with Crippen LogP contribution in [-0.2, 0) is 18.4 Å². The molecule has 2 saturated heterocycles. The van der Waals surface area contributed by atoms with Gasteiger partial charge in [-0.2, -0.15) is 0 Å². The highest BCUT2D eigenvalue weighted by Crippen LogP contribution is 2.39. The second kappa shape index (κ2) is 10.7. The summed E-state index contributed by atoms with van der Waals surface area (Å²) < 4.78 is 2.00. The molecule has 4 rings (SSSR count). The number of fused-ring (bicyclic) bond motifs is 1. The minimum atomic E-state index is -0.289. The van der Waals surface area contributed by atoms with Crippen molar-refractivity contribution in [2.45, 2.75) is 11.7 Å². The van der Waals surface area contributed by atoms with Crippen molar-refractivity contribution in [1.82, 2.24) is 25.1 Å². The van der Waals surface area contributed by atoms with Gasteiger partial charge in [0.25, 0.3) is 0 Å². The molecule has 2 aliphatic rings. The summed E-state index contributed by atoms with van der Waals surface area (Å²) in [6.45, 7) is 5.11. The van der Waals surface area contributed by atoms with E-state index < -0.39 is 0 Å². The van der Waals surface area contributed by atoms with Gasteiger partial charge in [0.1, 0.15) is 0 Å². The molecule has 0 unspecified atom stereocenters. The quantitative estimate of drug-likeness (QED) is 0.492. The van der Waals surface area contributed by atoms with Crippen LogP contribution in [0.5, 0.6) is 0 Å². The highest BCUT2D eigenvalue weighted by Gasteiger charge is 2.54. The first kappa shape index (κ1) is 24.0. The summed E-state index contributed by atoms with van der Waals surface area (Å²) in [6, 6.07) is 10.5. The van der Waals surface area contributed by atoms with Gasteiger partial charge in [0.15, 0.2) is 5.16 Å². The number of nitrogens with zero attached hydrogens (tertiary/aromatic N) is 3. The van der Waals surface area contributed by atoms with Crippen molar-refractivity contribution in [2.75, 3.05) is 38.5 Å². The summed E-state index contributed by atoms with van der Waals surface area (Å²) in [5.41, 5.74) is 1.02. The first-order chi connectivity index (χ1) is 13.2. The molecule has 1 aromatic heterocycles. The predicted octanol–water partition coefficient (Wildman–Crippen LogP) is 2.19. The number of thioether (sulfide) groups is 1. The molecule has 0 bridgehead atoms. The summed E-state index contributed by atoms with van der Waals surface area (Å²) in [5.74, 6) is 1.43. The number of rotatable bonds is 7. The smallest absolute Gasteiger partial charge is 0.229 e. The molecule has 2 atom stereocenters. The lowest BCUT2D eigenvalue weighted by Crippen LogP contribution is -2.47. The molecule has 2 fully saturated rings. The molecule has 3 heterocycles. The van der Waals surface area contributed by atoms with E-state index in [1.807, 2.05) is 23.9 Å². The van der Waals surface area contributed by atoms with Crippen LogP contribution in [0.1, 0.15) is 5.56 Å². The lowest BCUT2D eigenvalue weighted by atomic mass is 9.80. The van der Waals surface area contributed by atoms with E-state index in [-0.39, 0.29) is 36.1 Å². The van der Waals surface area contributed by atoms with Gasteiger partial charge >= 0.3 is 0 Å². The standard InChI is InChI=1S/C20H27N5OS.2ClH/c1-24-9-7-23-19(24)27-10-8-22-18(26)20-14-21-11-17(20)13-25(15-20)12-16-5-3-2-4-6-16;;/h2-7,9,17,21H,8,10-15H2,1H3,(H,22,26);2*1H/t17-,20-;;/m1../s1. The lowest BCUT2D eigenvalue weighted by Gasteiger charge is -2.27. The van der Waals surface area contributed by atoms with Crippen molar-refractivity contribution < 1.29 is 4.79 Å². The number of aryl methyl sites for hydroxylation is 1. The molecule has 0 radical (unpaired) electrons. The topological polar surface area (TPSA) is 62.2 Å². The monoisotopic (exact) mass is 457 g/mol. The molecule has 160 valence electrons. The van der Waals surface area contributed by atoms with Crippen molar-refractivity contribution in [3.63, 3.8) is 0 Å². The van der Waals surface area contributed by atoms with E-state index in [0.717, 1.165) is 43.6 Å². The van der Waals surface area contributed by atoms with Gasteiger partial charge in [-0.3, -0.25) is 9.69 Å². The number of halogens is 2. The third kappa shape index (κ3) is 5.27. The fraction of sp³-hybridized carbons (Fsp3) is 0.500. The number of carbonyl (C=O) groups is 1. The number of carbonyl (C=O) groups excluding carboxylic acids is 1. The summed E-state index contributed by atoms with van der Waals surface area (Å²) in [4.78, 5) is 19.8. The number of hydrogen-bond acceptors (Lipinski definition) is 5. The second-order valence-corrected chi connectivity index (χ2v) is 8.63. The average Bonchev–Trinajstić information content (AvgIpc) is 3.34. The molecular formula is C20H29Cl2N5OS. The number of aromatic nitrogens is 2. The lowest BCUT2D eigenvalue weighted by molar-refractivity contribution is -0.130. The molecule has 2 aromatic rings. The highest BCUT2D eigenvalue weighted by molar-refractivity contribution is 7.99. The van der Waals surface area contributed by atoms with Crippen LogP contribution >= 0.6 is 36.6 Å². The predicted molar refractivity (Wildman–Crippen MR) is 122 cm³/mol. The van der Waals surface area contributed by atoms with E-state index in [9.17, 15) is 4.79 Å². The molecule has 2 aliphatic heterocycles. The minimum absolute atomic E-state index is 0. The Morgan fingerprint density at radius 2 is 2.14 bits per heavy atom. The van der Waals surface area contributed by atoms with E-state index in [2.05, 4.69) is 44.8 Å². The molecule has 9 heteroatoms. The van der Waals surface area contributed by atoms with Crippen LogP contribution < -0.4 is 10.6 Å². The number of likely N-dealkylation sites (tertiary alicyclic amines) is 1. The molecule has 0 spiro atoms. The average molecular weight is 458 g/mol. The van der Waals surface area contributed by atoms with Crippen LogP contribution in [0, 0.1) is 11.3 Å². The minimum Gasteiger partial charge on any atom is -0.355 e. The SMILES string of the molecule is Cl.Cl.Cn1ccnc1SCCNC(=O)[C@@]12CNC[C@@H]1CN(Cc1ccccc1)C2. The summed E-state index contributed by atoms with van der Waals surface area (Å²) in [7, 11) is 1.99. The maximum atomic E-state index is 13.1. The molecule has 0 aliphatic carbocycles. The number of amides is 1. The molecule has 2 N–H and O–H groups in total. The fourth-order valence-corrected chi connectivity index (χ4v) is 5.07. The number of benzene rings is 1. The molecule has 6 nitrogen and oxygen atoms in total. The van der Waals surface area contributed by atoms with Crippen LogP contribution in [-0.4, -0.2) is 58.8 Å². The van der Waals surface area contributed by atoms with Crippen LogP contribution in [0.2, 0.25) is 0 Å². The third-order valence-corrected chi connectivity index (χ3v) is 6.75. The second-order valence-electron chi connectivity index (χ2n) is 7.56. The Labute approximate surface area is 189 Å². The van der Waals surface area contributed by atoms with Gasteiger partial charge in [-0.05, 0) is 5.56 Å². The normalized spacial score (nSPS) is 23.1. The van der Waals surface area contributed by atoms with Gasteiger partial charge in [-0.1, -0.05) is 42.1 Å². The van der Waals surface area contributed by atoms with Crippen molar-refractivity contribution in [3.05, 3.63) is 48.3 Å². The molecule has 0 saturated carbocycles. The Morgan fingerprint density at radius 1 is 1.34 bits per heavy atom. The van der Waals surface area contributed by atoms with Crippen molar-refractivity contribution in [2.24, 2.45) is 18.4 Å². The Morgan fingerprint density at radius 3 is 2.86 bits per heavy atom. The van der Waals surface area contributed by atoms with Crippen molar-refractivity contribution in [3.8, 4) is 0 Å². The van der Waals surface area contributed by atoms with Gasteiger partial charge in [-0.25, -0.2) is 4.98 Å². The van der Waals surface area contributed by atoms with Crippen LogP contribution in [0.3, 0.4) is 0 Å². The summed E-state index contributed by atoms with van der Waals surface area (Å²) >= 11 is 1.67. The third-order valence-electron chi connectivity index (χ3n) is 5.69. The number of nitrogens with one attached hydrogen (secondary N) is 2. The molecule has 1 aromatic carbocycles. The van der Waals surface area contributed by atoms with Crippen LogP contribution in [0.25, 0.3) is 0 Å². The molecular weight excluding hydrogens is 429 g/mol. The molecule has 29 heavy (non-hydrogen) atoms. The van der Waals surface area contributed by atoms with Crippen molar-refractivity contribution in [1.29, 1.82) is 0 Å². The Hall–Kier alpha value is -1.25. The summed E-state index contributed by atoms with van der Waals surface area (Å²) in [5, 5.41) is 7.62. The van der Waals surface area contributed by atoms with Gasteiger partial charge < -0.3 is 15.2 Å². The van der Waals surface area contributed by atoms with Crippen LogP contribution in [0.15, 0.2) is 47.9 Å². The van der Waals surface area contributed by atoms with E-state index in [4.69, 9.17) is 0 Å². The number of imidazole rings is 1. The first-order valence-corrected chi connectivity index (χ1v) is 10.5. The Kier molecular flexibility index (Phi) is 8.85. The first-order valence-electron chi connectivity index (χ1n) is 9.53. The maximum absolute atomic E-state index is 13.1. The van der Waals surface area contributed by atoms with E-state index in [1.54, 1.807) is 18.0 Å². The highest BCUT2D eigenvalue weighted by atomic mass is 35.5. The fourth-order valence-electron chi connectivity index (χ4n) is 4.28. The van der Waals surface area contributed by atoms with Gasteiger partial charge in [0.05, 0.1) is 5.41 Å². The van der Waals surface area contributed by atoms with E-state index in [0.29, 0.717) is 12.5 Å². The van der Waals surface area contributed by atoms with Crippen molar-refractivity contribution >= 4 is 42.5 Å². The van der Waals surface area contributed by atoms with Crippen LogP contribution in [0.4, 0.5) is 0 Å². The van der Waals surface area contributed by atoms with E-state index >= 15 is 0 Å². The zero-order chi connectivity index (χ0) is 18.7. The maximum Gasteiger partial charge on any atom is 0.229 e.